The molecule has 1 unspecified atom stereocenters. The van der Waals surface area contributed by atoms with Gasteiger partial charge in [0.2, 0.25) is 5.91 Å². The third-order valence-electron chi connectivity index (χ3n) is 4.62. The van der Waals surface area contributed by atoms with Gasteiger partial charge in [0.15, 0.2) is 5.78 Å². The van der Waals surface area contributed by atoms with E-state index in [0.29, 0.717) is 23.2 Å². The van der Waals surface area contributed by atoms with E-state index in [1.54, 1.807) is 36.4 Å². The number of aryl methyl sites for hydroxylation is 1. The Labute approximate surface area is 157 Å². The number of nitrogens with zero attached hydrogens (tertiary/aromatic N) is 2. The first-order chi connectivity index (χ1) is 13.0. The predicted octanol–water partition coefficient (Wildman–Crippen LogP) is 2.36. The molecular formula is C21H18N2O4. The van der Waals surface area contributed by atoms with E-state index in [1.807, 2.05) is 18.2 Å². The van der Waals surface area contributed by atoms with E-state index in [9.17, 15) is 14.4 Å². The van der Waals surface area contributed by atoms with Crippen molar-refractivity contribution in [2.24, 2.45) is 0 Å². The number of carbonyl (C=O) groups is 3. The lowest BCUT2D eigenvalue weighted by atomic mass is 9.95. The van der Waals surface area contributed by atoms with Crippen molar-refractivity contribution in [1.29, 1.82) is 5.26 Å². The number of ether oxygens (including phenoxy) is 1. The van der Waals surface area contributed by atoms with Gasteiger partial charge >= 0.3 is 5.97 Å². The molecule has 0 N–H and O–H groups in total. The number of hydrogen-bond acceptors (Lipinski definition) is 5. The largest absolute Gasteiger partial charge is 0.469 e. The van der Waals surface area contributed by atoms with Gasteiger partial charge in [-0.3, -0.25) is 14.4 Å². The number of ketones is 1. The number of nitriles is 1. The van der Waals surface area contributed by atoms with Crippen LogP contribution in [-0.4, -0.2) is 31.3 Å². The molecule has 1 amide bonds. The molecule has 2 aromatic rings. The summed E-state index contributed by atoms with van der Waals surface area (Å²) in [6.45, 7) is 0.0134. The van der Waals surface area contributed by atoms with Gasteiger partial charge in [-0.05, 0) is 41.8 Å². The van der Waals surface area contributed by atoms with Crippen molar-refractivity contribution in [3.63, 3.8) is 0 Å². The first kappa shape index (κ1) is 18.3. The number of esters is 1. The second-order valence-corrected chi connectivity index (χ2v) is 6.30. The van der Waals surface area contributed by atoms with Gasteiger partial charge in [0.05, 0.1) is 25.3 Å². The van der Waals surface area contributed by atoms with Gasteiger partial charge in [-0.25, -0.2) is 0 Å². The van der Waals surface area contributed by atoms with Gasteiger partial charge in [-0.2, -0.15) is 5.26 Å². The first-order valence-electron chi connectivity index (χ1n) is 8.53. The summed E-state index contributed by atoms with van der Waals surface area (Å²) in [7, 11) is 1.35. The summed E-state index contributed by atoms with van der Waals surface area (Å²) in [6, 6.07) is 15.8. The molecule has 1 heterocycles. The molecule has 0 radical (unpaired) electrons. The highest BCUT2D eigenvalue weighted by molar-refractivity contribution is 6.21. The normalized spacial score (nSPS) is 16.3. The van der Waals surface area contributed by atoms with Gasteiger partial charge in [-0.1, -0.05) is 24.3 Å². The third kappa shape index (κ3) is 3.87. The molecule has 6 heteroatoms. The smallest absolute Gasteiger partial charge is 0.305 e. The zero-order valence-electron chi connectivity index (χ0n) is 14.8. The molecule has 1 saturated heterocycles. The summed E-state index contributed by atoms with van der Waals surface area (Å²) in [5.74, 6) is -1.53. The minimum atomic E-state index is -0.824. The van der Waals surface area contributed by atoms with Crippen molar-refractivity contribution in [2.45, 2.75) is 18.8 Å². The second kappa shape index (κ2) is 7.83. The van der Waals surface area contributed by atoms with E-state index >= 15 is 0 Å². The average Bonchev–Trinajstić information content (AvgIpc) is 3.00. The van der Waals surface area contributed by atoms with Crippen LogP contribution in [0.3, 0.4) is 0 Å². The SMILES string of the molecule is COC(=O)CCc1ccc(C2C(=O)CN(c3ccc(C#N)cc3)C2=O)cc1. The molecule has 1 fully saturated rings. The van der Waals surface area contributed by atoms with Crippen molar-refractivity contribution >= 4 is 23.3 Å². The Hall–Kier alpha value is -3.46. The van der Waals surface area contributed by atoms with Gasteiger partial charge < -0.3 is 9.64 Å². The van der Waals surface area contributed by atoms with Crippen LogP contribution in [0.1, 0.15) is 29.0 Å². The van der Waals surface area contributed by atoms with Gasteiger partial charge in [0.1, 0.15) is 5.92 Å². The minimum Gasteiger partial charge on any atom is -0.469 e. The molecule has 0 bridgehead atoms. The fourth-order valence-corrected chi connectivity index (χ4v) is 3.11. The van der Waals surface area contributed by atoms with E-state index in [2.05, 4.69) is 4.74 Å². The highest BCUT2D eigenvalue weighted by atomic mass is 16.5. The van der Waals surface area contributed by atoms with Crippen LogP contribution < -0.4 is 4.90 Å². The molecule has 1 aliphatic heterocycles. The van der Waals surface area contributed by atoms with Crippen molar-refractivity contribution in [2.75, 3.05) is 18.6 Å². The van der Waals surface area contributed by atoms with Crippen molar-refractivity contribution < 1.29 is 19.1 Å². The number of methoxy groups -OCH3 is 1. The molecule has 0 aliphatic carbocycles. The molecule has 136 valence electrons. The summed E-state index contributed by atoms with van der Waals surface area (Å²) in [6.07, 6.45) is 0.820. The molecular weight excluding hydrogens is 344 g/mol. The van der Waals surface area contributed by atoms with Crippen LogP contribution in [0, 0.1) is 11.3 Å². The molecule has 0 saturated carbocycles. The van der Waals surface area contributed by atoms with Crippen LogP contribution in [-0.2, 0) is 25.5 Å². The Morgan fingerprint density at radius 2 is 1.81 bits per heavy atom. The number of amides is 1. The zero-order valence-corrected chi connectivity index (χ0v) is 14.8. The summed E-state index contributed by atoms with van der Waals surface area (Å²) < 4.78 is 4.62. The number of anilines is 1. The van der Waals surface area contributed by atoms with Crippen molar-refractivity contribution in [3.8, 4) is 6.07 Å². The summed E-state index contributed by atoms with van der Waals surface area (Å²) in [5.41, 5.74) is 2.68. The fourth-order valence-electron chi connectivity index (χ4n) is 3.11. The number of carbonyl (C=O) groups excluding carboxylic acids is 3. The van der Waals surface area contributed by atoms with Gasteiger partial charge in [0, 0.05) is 12.1 Å². The maximum absolute atomic E-state index is 12.8. The molecule has 0 aromatic heterocycles. The van der Waals surface area contributed by atoms with E-state index < -0.39 is 5.92 Å². The second-order valence-electron chi connectivity index (χ2n) is 6.30. The molecule has 1 atom stereocenters. The lowest BCUT2D eigenvalue weighted by Gasteiger charge is -2.16. The molecule has 0 spiro atoms. The molecule has 6 nitrogen and oxygen atoms in total. The standard InChI is InChI=1S/C21H18N2O4/c1-27-19(25)11-6-14-2-7-16(8-3-14)20-18(24)13-23(21(20)26)17-9-4-15(12-22)5-10-17/h2-5,7-10,20H,6,11,13H2,1H3. The fraction of sp³-hybridized carbons (Fsp3) is 0.238. The Bertz CT molecular complexity index is 911. The highest BCUT2D eigenvalue weighted by Gasteiger charge is 2.40. The topological polar surface area (TPSA) is 87.5 Å². The monoisotopic (exact) mass is 362 g/mol. The Balaban J connectivity index is 1.74. The maximum atomic E-state index is 12.8. The van der Waals surface area contributed by atoms with Gasteiger partial charge in [0.25, 0.3) is 0 Å². The molecule has 3 rings (SSSR count). The Kier molecular flexibility index (Phi) is 5.32. The zero-order chi connectivity index (χ0) is 19.4. The van der Waals surface area contributed by atoms with E-state index in [4.69, 9.17) is 5.26 Å². The number of Topliss-reactive ketones (excluding diaryl/α,β-unsaturated/α-hetero) is 1. The van der Waals surface area contributed by atoms with Crippen molar-refractivity contribution in [1.82, 2.24) is 0 Å². The van der Waals surface area contributed by atoms with E-state index in [0.717, 1.165) is 5.56 Å². The van der Waals surface area contributed by atoms with E-state index in [-0.39, 0.29) is 30.6 Å². The quantitative estimate of drug-likeness (QED) is 0.602. The Morgan fingerprint density at radius 3 is 2.41 bits per heavy atom. The summed E-state index contributed by atoms with van der Waals surface area (Å²) in [5, 5.41) is 8.87. The number of hydrogen-bond donors (Lipinski definition) is 0. The minimum absolute atomic E-state index is 0.0134. The van der Waals surface area contributed by atoms with Crippen molar-refractivity contribution in [3.05, 3.63) is 65.2 Å². The van der Waals surface area contributed by atoms with Crippen LogP contribution in [0.5, 0.6) is 0 Å². The Morgan fingerprint density at radius 1 is 1.15 bits per heavy atom. The van der Waals surface area contributed by atoms with Crippen LogP contribution in [0.15, 0.2) is 48.5 Å². The van der Waals surface area contributed by atoms with Crippen LogP contribution in [0.2, 0.25) is 0 Å². The lowest BCUT2D eigenvalue weighted by Crippen LogP contribution is -2.26. The molecule has 2 aromatic carbocycles. The average molecular weight is 362 g/mol. The van der Waals surface area contributed by atoms with Crippen LogP contribution >= 0.6 is 0 Å². The summed E-state index contributed by atoms with van der Waals surface area (Å²) in [4.78, 5) is 37.9. The van der Waals surface area contributed by atoms with Gasteiger partial charge in [-0.15, -0.1) is 0 Å². The number of benzene rings is 2. The van der Waals surface area contributed by atoms with Crippen LogP contribution in [0.4, 0.5) is 5.69 Å². The molecule has 1 aliphatic rings. The predicted molar refractivity (Wildman–Crippen MR) is 98.0 cm³/mol. The van der Waals surface area contributed by atoms with E-state index in [1.165, 1.54) is 12.0 Å². The third-order valence-corrected chi connectivity index (χ3v) is 4.62. The molecule has 27 heavy (non-hydrogen) atoms. The lowest BCUT2D eigenvalue weighted by molar-refractivity contribution is -0.140. The number of rotatable bonds is 5. The summed E-state index contributed by atoms with van der Waals surface area (Å²) >= 11 is 0. The maximum Gasteiger partial charge on any atom is 0.305 e. The highest BCUT2D eigenvalue weighted by Crippen LogP contribution is 2.30. The first-order valence-corrected chi connectivity index (χ1v) is 8.53. The van der Waals surface area contributed by atoms with Crippen LogP contribution in [0.25, 0.3) is 0 Å².